The molecule has 0 bridgehead atoms. The Bertz CT molecular complexity index is 437. The minimum Gasteiger partial charge on any atom is -0.365 e. The number of nitrogens with zero attached hydrogens (tertiary/aromatic N) is 3. The van der Waals surface area contributed by atoms with Crippen LogP contribution < -0.4 is 5.32 Å². The molecule has 3 rings (SSSR count). The fourth-order valence-corrected chi connectivity index (χ4v) is 3.52. The quantitative estimate of drug-likeness (QED) is 0.853. The predicted molar refractivity (Wildman–Crippen MR) is 73.0 cm³/mol. The van der Waals surface area contributed by atoms with Gasteiger partial charge >= 0.3 is 0 Å². The highest BCUT2D eigenvalue weighted by molar-refractivity contribution is 6.30. The molecular formula is C13H19ClN4. The van der Waals surface area contributed by atoms with Gasteiger partial charge in [-0.1, -0.05) is 18.5 Å². The Morgan fingerprint density at radius 2 is 2.28 bits per heavy atom. The van der Waals surface area contributed by atoms with Crippen LogP contribution in [0.2, 0.25) is 5.15 Å². The Morgan fingerprint density at radius 1 is 1.39 bits per heavy atom. The lowest BCUT2D eigenvalue weighted by Crippen LogP contribution is -2.34. The number of anilines is 1. The zero-order valence-electron chi connectivity index (χ0n) is 10.7. The van der Waals surface area contributed by atoms with Crippen LogP contribution in [-0.4, -0.2) is 40.0 Å². The number of halogens is 1. The van der Waals surface area contributed by atoms with E-state index in [1.165, 1.54) is 32.4 Å². The summed E-state index contributed by atoms with van der Waals surface area (Å²) in [6.45, 7) is 4.56. The summed E-state index contributed by atoms with van der Waals surface area (Å²) in [5.74, 6) is 0.927. The molecule has 2 aliphatic heterocycles. The van der Waals surface area contributed by atoms with Gasteiger partial charge in [0.2, 0.25) is 0 Å². The number of nitrogens with one attached hydrogen (secondary N) is 1. The number of fused-ring (bicyclic) bond motifs is 1. The van der Waals surface area contributed by atoms with Crippen LogP contribution in [0.5, 0.6) is 0 Å². The van der Waals surface area contributed by atoms with Crippen molar-refractivity contribution in [2.24, 2.45) is 0 Å². The van der Waals surface area contributed by atoms with E-state index in [1.54, 1.807) is 6.33 Å². The molecule has 98 valence electrons. The first kappa shape index (κ1) is 12.2. The highest BCUT2D eigenvalue weighted by Crippen LogP contribution is 2.31. The summed E-state index contributed by atoms with van der Waals surface area (Å²) in [5.41, 5.74) is 1.04. The molecule has 2 unspecified atom stereocenters. The topological polar surface area (TPSA) is 41.1 Å². The third-order valence-electron chi connectivity index (χ3n) is 4.17. The first-order valence-corrected chi connectivity index (χ1v) is 7.17. The molecule has 0 aliphatic carbocycles. The predicted octanol–water partition coefficient (Wildman–Crippen LogP) is 2.34. The van der Waals surface area contributed by atoms with Crippen LogP contribution in [0, 0.1) is 0 Å². The number of hydrogen-bond acceptors (Lipinski definition) is 4. The number of hydrogen-bond donors (Lipinski definition) is 1. The summed E-state index contributed by atoms with van der Waals surface area (Å²) < 4.78 is 0. The van der Waals surface area contributed by atoms with Gasteiger partial charge in [0.1, 0.15) is 17.3 Å². The van der Waals surface area contributed by atoms with Gasteiger partial charge in [0.05, 0.1) is 0 Å². The second-order valence-corrected chi connectivity index (χ2v) is 5.49. The molecule has 3 heterocycles. The van der Waals surface area contributed by atoms with Crippen LogP contribution in [0.15, 0.2) is 6.33 Å². The molecule has 2 fully saturated rings. The average molecular weight is 267 g/mol. The maximum Gasteiger partial charge on any atom is 0.137 e. The zero-order valence-corrected chi connectivity index (χ0v) is 11.5. The van der Waals surface area contributed by atoms with Crippen molar-refractivity contribution in [2.75, 3.05) is 18.4 Å². The Labute approximate surface area is 113 Å². The van der Waals surface area contributed by atoms with Gasteiger partial charge in [-0.3, -0.25) is 4.90 Å². The molecule has 0 amide bonds. The van der Waals surface area contributed by atoms with Crippen molar-refractivity contribution in [3.05, 3.63) is 17.0 Å². The molecule has 2 saturated heterocycles. The Morgan fingerprint density at radius 3 is 3.11 bits per heavy atom. The third-order valence-corrected chi connectivity index (χ3v) is 4.50. The molecule has 2 atom stereocenters. The second kappa shape index (κ2) is 5.02. The smallest absolute Gasteiger partial charge is 0.137 e. The van der Waals surface area contributed by atoms with Gasteiger partial charge in [-0.2, -0.15) is 0 Å². The molecule has 0 saturated carbocycles. The van der Waals surface area contributed by atoms with Gasteiger partial charge < -0.3 is 5.32 Å². The SMILES string of the molecule is CCc1c(Cl)ncnc1NC1CCN2CCCC12. The van der Waals surface area contributed by atoms with E-state index in [-0.39, 0.29) is 0 Å². The van der Waals surface area contributed by atoms with Crippen LogP contribution in [0.4, 0.5) is 5.82 Å². The van der Waals surface area contributed by atoms with Gasteiger partial charge in [0.15, 0.2) is 0 Å². The average Bonchev–Trinajstić information content (AvgIpc) is 2.94. The Kier molecular flexibility index (Phi) is 3.39. The summed E-state index contributed by atoms with van der Waals surface area (Å²) in [7, 11) is 0. The second-order valence-electron chi connectivity index (χ2n) is 5.13. The van der Waals surface area contributed by atoms with Crippen LogP contribution >= 0.6 is 11.6 Å². The maximum absolute atomic E-state index is 6.12. The lowest BCUT2D eigenvalue weighted by Gasteiger charge is -2.22. The lowest BCUT2D eigenvalue weighted by molar-refractivity contribution is 0.318. The van der Waals surface area contributed by atoms with Gasteiger partial charge in [-0.25, -0.2) is 9.97 Å². The highest BCUT2D eigenvalue weighted by Gasteiger charge is 2.37. The van der Waals surface area contributed by atoms with Crippen molar-refractivity contribution >= 4 is 17.4 Å². The van der Waals surface area contributed by atoms with E-state index in [4.69, 9.17) is 11.6 Å². The third kappa shape index (κ3) is 2.08. The summed E-state index contributed by atoms with van der Waals surface area (Å²) in [6.07, 6.45) is 6.25. The van der Waals surface area contributed by atoms with E-state index in [9.17, 15) is 0 Å². The standard InChI is InChI=1S/C13H19ClN4/c1-2-9-12(14)15-8-16-13(9)17-10-5-7-18-6-3-4-11(10)18/h8,10-11H,2-7H2,1H3,(H,15,16,17). The van der Waals surface area contributed by atoms with Crippen molar-refractivity contribution < 1.29 is 0 Å². The first-order chi connectivity index (χ1) is 8.79. The lowest BCUT2D eigenvalue weighted by atomic mass is 10.1. The highest BCUT2D eigenvalue weighted by atomic mass is 35.5. The molecule has 4 nitrogen and oxygen atoms in total. The van der Waals surface area contributed by atoms with Crippen LogP contribution in [-0.2, 0) is 6.42 Å². The van der Waals surface area contributed by atoms with Gasteiger partial charge in [-0.15, -0.1) is 0 Å². The molecule has 0 spiro atoms. The largest absolute Gasteiger partial charge is 0.365 e. The van der Waals surface area contributed by atoms with Crippen molar-refractivity contribution in [1.29, 1.82) is 0 Å². The van der Waals surface area contributed by atoms with Crippen molar-refractivity contribution in [3.63, 3.8) is 0 Å². The summed E-state index contributed by atoms with van der Waals surface area (Å²) in [4.78, 5) is 11.0. The number of aromatic nitrogens is 2. The zero-order chi connectivity index (χ0) is 12.5. The van der Waals surface area contributed by atoms with Crippen molar-refractivity contribution in [2.45, 2.75) is 44.7 Å². The first-order valence-electron chi connectivity index (χ1n) is 6.79. The molecule has 2 aliphatic rings. The summed E-state index contributed by atoms with van der Waals surface area (Å²) in [5, 5.41) is 4.18. The molecule has 0 radical (unpaired) electrons. The van der Waals surface area contributed by atoms with Crippen LogP contribution in [0.3, 0.4) is 0 Å². The van der Waals surface area contributed by atoms with E-state index >= 15 is 0 Å². The van der Waals surface area contributed by atoms with Gasteiger partial charge in [-0.05, 0) is 32.2 Å². The summed E-state index contributed by atoms with van der Waals surface area (Å²) >= 11 is 6.12. The molecule has 1 N–H and O–H groups in total. The fourth-order valence-electron chi connectivity index (χ4n) is 3.26. The fraction of sp³-hybridized carbons (Fsp3) is 0.692. The minimum absolute atomic E-state index is 0.517. The molecule has 1 aromatic rings. The van der Waals surface area contributed by atoms with Crippen molar-refractivity contribution in [1.82, 2.24) is 14.9 Å². The van der Waals surface area contributed by atoms with Crippen LogP contribution in [0.25, 0.3) is 0 Å². The number of rotatable bonds is 3. The van der Waals surface area contributed by atoms with E-state index < -0.39 is 0 Å². The Balaban J connectivity index is 1.78. The van der Waals surface area contributed by atoms with E-state index in [0.717, 1.165) is 17.8 Å². The van der Waals surface area contributed by atoms with Gasteiger partial charge in [0, 0.05) is 24.2 Å². The molecular weight excluding hydrogens is 248 g/mol. The monoisotopic (exact) mass is 266 g/mol. The van der Waals surface area contributed by atoms with Crippen molar-refractivity contribution in [3.8, 4) is 0 Å². The normalized spacial score (nSPS) is 27.4. The van der Waals surface area contributed by atoms with Crippen LogP contribution in [0.1, 0.15) is 31.7 Å². The maximum atomic E-state index is 6.12. The molecule has 5 heteroatoms. The van der Waals surface area contributed by atoms with E-state index in [1.807, 2.05) is 0 Å². The molecule has 0 aromatic carbocycles. The van der Waals surface area contributed by atoms with E-state index in [2.05, 4.69) is 27.1 Å². The minimum atomic E-state index is 0.517. The van der Waals surface area contributed by atoms with E-state index in [0.29, 0.717) is 17.2 Å². The Hall–Kier alpha value is -0.870. The van der Waals surface area contributed by atoms with Gasteiger partial charge in [0.25, 0.3) is 0 Å². The molecule has 1 aromatic heterocycles. The molecule has 18 heavy (non-hydrogen) atoms. The summed E-state index contributed by atoms with van der Waals surface area (Å²) in [6, 6.07) is 1.20.